The van der Waals surface area contributed by atoms with Gasteiger partial charge in [-0.1, -0.05) is 42.0 Å². The van der Waals surface area contributed by atoms with Crippen molar-refractivity contribution in [1.82, 2.24) is 15.1 Å². The number of urea groups is 1. The minimum atomic E-state index is -0.483. The number of aryl methyl sites for hydroxylation is 1. The van der Waals surface area contributed by atoms with E-state index in [2.05, 4.69) is 11.4 Å². The summed E-state index contributed by atoms with van der Waals surface area (Å²) in [6.45, 7) is 5.84. The number of carbonyl (C=O) groups is 2. The third-order valence-electron chi connectivity index (χ3n) is 5.04. The zero-order chi connectivity index (χ0) is 20.1. The van der Waals surface area contributed by atoms with Gasteiger partial charge in [-0.2, -0.15) is 0 Å². The van der Waals surface area contributed by atoms with E-state index in [0.717, 1.165) is 16.9 Å². The Balaban J connectivity index is 1.57. The fourth-order valence-corrected chi connectivity index (χ4v) is 3.46. The Morgan fingerprint density at radius 3 is 2.64 bits per heavy atom. The lowest BCUT2D eigenvalue weighted by Crippen LogP contribution is -2.59. The monoisotopic (exact) mass is 381 g/mol. The number of piperazine rings is 1. The summed E-state index contributed by atoms with van der Waals surface area (Å²) in [6.07, 6.45) is 0. The first-order chi connectivity index (χ1) is 13.5. The molecule has 2 aromatic carbocycles. The minimum Gasteiger partial charge on any atom is -0.497 e. The minimum absolute atomic E-state index is 0.0238. The van der Waals surface area contributed by atoms with Crippen LogP contribution in [0.1, 0.15) is 23.6 Å². The van der Waals surface area contributed by atoms with Crippen molar-refractivity contribution in [2.24, 2.45) is 0 Å². The standard InChI is InChI=1S/C22H27N3O3/c1-16-6-4-8-19(12-16)15-24-10-11-25(17(2)21(24)26)22(27)23-14-18-7-5-9-20(13-18)28-3/h4-9,12-13,17H,10-11,14-15H2,1-3H3,(H,23,27)/t17-/m1/s1. The maximum Gasteiger partial charge on any atom is 0.318 e. The highest BCUT2D eigenvalue weighted by atomic mass is 16.5. The summed E-state index contributed by atoms with van der Waals surface area (Å²) in [7, 11) is 1.61. The highest BCUT2D eigenvalue weighted by Crippen LogP contribution is 2.16. The summed E-state index contributed by atoms with van der Waals surface area (Å²) >= 11 is 0. The van der Waals surface area contributed by atoms with Crippen LogP contribution in [-0.4, -0.2) is 48.0 Å². The number of nitrogens with zero attached hydrogens (tertiary/aromatic N) is 2. The van der Waals surface area contributed by atoms with Gasteiger partial charge in [-0.25, -0.2) is 4.79 Å². The van der Waals surface area contributed by atoms with Crippen LogP contribution >= 0.6 is 0 Å². The molecule has 1 N–H and O–H groups in total. The summed E-state index contributed by atoms with van der Waals surface area (Å²) in [6, 6.07) is 15.0. The number of carbonyl (C=O) groups excluding carboxylic acids is 2. The summed E-state index contributed by atoms with van der Waals surface area (Å²) in [4.78, 5) is 28.8. The lowest BCUT2D eigenvalue weighted by molar-refractivity contribution is -0.139. The van der Waals surface area contributed by atoms with E-state index < -0.39 is 6.04 Å². The molecular formula is C22H27N3O3. The second-order valence-electron chi connectivity index (χ2n) is 7.13. The van der Waals surface area contributed by atoms with Crippen LogP contribution < -0.4 is 10.1 Å². The Morgan fingerprint density at radius 1 is 1.14 bits per heavy atom. The molecule has 1 aliphatic heterocycles. The quantitative estimate of drug-likeness (QED) is 0.866. The van der Waals surface area contributed by atoms with Crippen LogP contribution in [0.5, 0.6) is 5.75 Å². The molecule has 1 aliphatic rings. The van der Waals surface area contributed by atoms with Crippen LogP contribution in [0.15, 0.2) is 48.5 Å². The van der Waals surface area contributed by atoms with Gasteiger partial charge in [0.25, 0.3) is 0 Å². The summed E-state index contributed by atoms with van der Waals surface area (Å²) < 4.78 is 5.20. The molecule has 3 amide bonds. The highest BCUT2D eigenvalue weighted by molar-refractivity contribution is 5.88. The molecule has 0 bridgehead atoms. The smallest absolute Gasteiger partial charge is 0.318 e. The van der Waals surface area contributed by atoms with Crippen LogP contribution in [-0.2, 0) is 17.9 Å². The van der Waals surface area contributed by atoms with E-state index in [0.29, 0.717) is 26.2 Å². The highest BCUT2D eigenvalue weighted by Gasteiger charge is 2.34. The van der Waals surface area contributed by atoms with Crippen molar-refractivity contribution >= 4 is 11.9 Å². The topological polar surface area (TPSA) is 61.9 Å². The Kier molecular flexibility index (Phi) is 6.19. The first-order valence-corrected chi connectivity index (χ1v) is 9.49. The zero-order valence-corrected chi connectivity index (χ0v) is 16.6. The average Bonchev–Trinajstić information content (AvgIpc) is 2.70. The van der Waals surface area contributed by atoms with Gasteiger partial charge in [0.1, 0.15) is 11.8 Å². The van der Waals surface area contributed by atoms with Gasteiger partial charge in [0.2, 0.25) is 5.91 Å². The number of rotatable bonds is 5. The van der Waals surface area contributed by atoms with Gasteiger partial charge >= 0.3 is 6.03 Å². The van der Waals surface area contributed by atoms with Crippen molar-refractivity contribution in [3.63, 3.8) is 0 Å². The normalized spacial score (nSPS) is 16.8. The number of methoxy groups -OCH3 is 1. The molecule has 0 aromatic heterocycles. The van der Waals surface area contributed by atoms with Crippen LogP contribution in [0.2, 0.25) is 0 Å². The fraction of sp³-hybridized carbons (Fsp3) is 0.364. The van der Waals surface area contributed by atoms with Crippen molar-refractivity contribution in [2.75, 3.05) is 20.2 Å². The second kappa shape index (κ2) is 8.78. The molecule has 1 heterocycles. The van der Waals surface area contributed by atoms with Gasteiger partial charge in [-0.05, 0) is 37.1 Å². The van der Waals surface area contributed by atoms with Crippen molar-refractivity contribution in [3.8, 4) is 5.75 Å². The van der Waals surface area contributed by atoms with Gasteiger partial charge < -0.3 is 19.9 Å². The Bertz CT molecular complexity index is 852. The van der Waals surface area contributed by atoms with E-state index in [9.17, 15) is 9.59 Å². The van der Waals surface area contributed by atoms with Crippen molar-refractivity contribution in [3.05, 3.63) is 65.2 Å². The second-order valence-corrected chi connectivity index (χ2v) is 7.13. The maximum absolute atomic E-state index is 12.8. The summed E-state index contributed by atoms with van der Waals surface area (Å²) in [5.74, 6) is 0.726. The van der Waals surface area contributed by atoms with E-state index in [1.54, 1.807) is 18.9 Å². The molecule has 0 radical (unpaired) electrons. The molecule has 0 saturated carbocycles. The molecule has 1 saturated heterocycles. The van der Waals surface area contributed by atoms with E-state index in [1.807, 2.05) is 54.3 Å². The number of nitrogens with one attached hydrogen (secondary N) is 1. The van der Waals surface area contributed by atoms with Gasteiger partial charge in [0.05, 0.1) is 7.11 Å². The SMILES string of the molecule is COc1cccc(CNC(=O)N2CCN(Cc3cccc(C)c3)C(=O)[C@H]2C)c1. The molecule has 0 spiro atoms. The first-order valence-electron chi connectivity index (χ1n) is 9.49. The maximum atomic E-state index is 12.8. The van der Waals surface area contributed by atoms with Crippen LogP contribution in [0.4, 0.5) is 4.79 Å². The largest absolute Gasteiger partial charge is 0.497 e. The number of hydrogen-bond acceptors (Lipinski definition) is 3. The first kappa shape index (κ1) is 19.7. The molecular weight excluding hydrogens is 354 g/mol. The number of amides is 3. The third-order valence-corrected chi connectivity index (χ3v) is 5.04. The Hall–Kier alpha value is -3.02. The Labute approximate surface area is 166 Å². The van der Waals surface area contributed by atoms with Crippen molar-refractivity contribution in [2.45, 2.75) is 33.0 Å². The molecule has 1 fully saturated rings. The summed E-state index contributed by atoms with van der Waals surface area (Å²) in [5.41, 5.74) is 3.23. The average molecular weight is 381 g/mol. The van der Waals surface area contributed by atoms with E-state index in [1.165, 1.54) is 5.56 Å². The third kappa shape index (κ3) is 4.63. The van der Waals surface area contributed by atoms with Gasteiger partial charge in [-0.15, -0.1) is 0 Å². The molecule has 2 aromatic rings. The van der Waals surface area contributed by atoms with Crippen LogP contribution in [0, 0.1) is 6.92 Å². The number of hydrogen-bond donors (Lipinski definition) is 1. The van der Waals surface area contributed by atoms with Gasteiger partial charge in [0.15, 0.2) is 0 Å². The van der Waals surface area contributed by atoms with Gasteiger partial charge in [-0.3, -0.25) is 4.79 Å². The summed E-state index contributed by atoms with van der Waals surface area (Å²) in [5, 5.41) is 2.90. The van der Waals surface area contributed by atoms with Gasteiger partial charge in [0, 0.05) is 26.2 Å². The molecule has 0 aliphatic carbocycles. The molecule has 1 atom stereocenters. The molecule has 148 valence electrons. The lowest BCUT2D eigenvalue weighted by atomic mass is 10.1. The Morgan fingerprint density at radius 2 is 1.89 bits per heavy atom. The van der Waals surface area contributed by atoms with Crippen LogP contribution in [0.3, 0.4) is 0 Å². The number of ether oxygens (including phenoxy) is 1. The molecule has 6 nitrogen and oxygen atoms in total. The fourth-order valence-electron chi connectivity index (χ4n) is 3.46. The van der Waals surface area contributed by atoms with E-state index >= 15 is 0 Å². The molecule has 6 heteroatoms. The van der Waals surface area contributed by atoms with Crippen molar-refractivity contribution < 1.29 is 14.3 Å². The number of benzene rings is 2. The van der Waals surface area contributed by atoms with Crippen LogP contribution in [0.25, 0.3) is 0 Å². The molecule has 28 heavy (non-hydrogen) atoms. The predicted octanol–water partition coefficient (Wildman–Crippen LogP) is 2.95. The zero-order valence-electron chi connectivity index (χ0n) is 16.6. The van der Waals surface area contributed by atoms with E-state index in [4.69, 9.17) is 4.74 Å². The lowest BCUT2D eigenvalue weighted by Gasteiger charge is -2.39. The molecule has 0 unspecified atom stereocenters. The molecule has 3 rings (SSSR count). The van der Waals surface area contributed by atoms with Crippen molar-refractivity contribution in [1.29, 1.82) is 0 Å². The predicted molar refractivity (Wildman–Crippen MR) is 108 cm³/mol. The van der Waals surface area contributed by atoms with E-state index in [-0.39, 0.29) is 11.9 Å².